The Kier molecular flexibility index (Phi) is 3.54. The van der Waals surface area contributed by atoms with Crippen molar-refractivity contribution in [3.63, 3.8) is 0 Å². The van der Waals surface area contributed by atoms with Crippen LogP contribution >= 0.6 is 23.2 Å². The Morgan fingerprint density at radius 2 is 2.06 bits per heavy atom. The highest BCUT2D eigenvalue weighted by Crippen LogP contribution is 2.20. The van der Waals surface area contributed by atoms with E-state index in [2.05, 4.69) is 15.2 Å². The third-order valence-electron chi connectivity index (χ3n) is 1.73. The van der Waals surface area contributed by atoms with E-state index in [-0.39, 0.29) is 0 Å². The molecule has 0 N–H and O–H groups in total. The Labute approximate surface area is 102 Å². The van der Waals surface area contributed by atoms with Gasteiger partial charge in [-0.05, 0) is 6.07 Å². The standard InChI is InChI=1S/C10H7Cl2N3O/c11-4-8-1-2-10(15-14-8)16-9-3-7(12)5-13-6-9/h1-3,5-6H,4H2. The molecule has 0 atom stereocenters. The summed E-state index contributed by atoms with van der Waals surface area (Å²) in [4.78, 5) is 3.89. The van der Waals surface area contributed by atoms with Crippen molar-refractivity contribution >= 4 is 23.2 Å². The van der Waals surface area contributed by atoms with E-state index in [1.54, 1.807) is 24.4 Å². The molecule has 0 amide bonds. The van der Waals surface area contributed by atoms with Crippen LogP contribution in [0.25, 0.3) is 0 Å². The summed E-state index contributed by atoms with van der Waals surface area (Å²) in [6.45, 7) is 0. The molecular formula is C10H7Cl2N3O. The molecule has 0 aliphatic rings. The van der Waals surface area contributed by atoms with Gasteiger partial charge in [0.15, 0.2) is 0 Å². The highest BCUT2D eigenvalue weighted by atomic mass is 35.5. The van der Waals surface area contributed by atoms with E-state index in [4.69, 9.17) is 27.9 Å². The van der Waals surface area contributed by atoms with Crippen LogP contribution < -0.4 is 4.74 Å². The Bertz CT molecular complexity index is 476. The van der Waals surface area contributed by atoms with Gasteiger partial charge in [0, 0.05) is 18.3 Å². The average molecular weight is 256 g/mol. The Morgan fingerprint density at radius 3 is 2.69 bits per heavy atom. The van der Waals surface area contributed by atoms with Gasteiger partial charge in [-0.3, -0.25) is 4.98 Å². The fourth-order valence-corrected chi connectivity index (χ4v) is 1.35. The molecule has 0 unspecified atom stereocenters. The number of ether oxygens (including phenoxy) is 1. The summed E-state index contributed by atoms with van der Waals surface area (Å²) in [7, 11) is 0. The number of hydrogen-bond acceptors (Lipinski definition) is 4. The fraction of sp³-hybridized carbons (Fsp3) is 0.100. The summed E-state index contributed by atoms with van der Waals surface area (Å²) >= 11 is 11.4. The molecule has 0 bridgehead atoms. The average Bonchev–Trinajstić information content (AvgIpc) is 2.30. The van der Waals surface area contributed by atoms with Gasteiger partial charge in [0.25, 0.3) is 0 Å². The lowest BCUT2D eigenvalue weighted by atomic mass is 10.4. The first-order valence-electron chi connectivity index (χ1n) is 4.45. The molecule has 2 aromatic heterocycles. The third kappa shape index (κ3) is 2.81. The molecule has 0 aromatic carbocycles. The fourth-order valence-electron chi connectivity index (χ4n) is 1.04. The smallest absolute Gasteiger partial charge is 0.238 e. The quantitative estimate of drug-likeness (QED) is 0.792. The molecule has 16 heavy (non-hydrogen) atoms. The first-order valence-corrected chi connectivity index (χ1v) is 5.36. The lowest BCUT2D eigenvalue weighted by molar-refractivity contribution is 0.452. The molecule has 82 valence electrons. The van der Waals surface area contributed by atoms with E-state index in [0.29, 0.717) is 28.2 Å². The molecule has 2 heterocycles. The van der Waals surface area contributed by atoms with Gasteiger partial charge < -0.3 is 4.74 Å². The lowest BCUT2D eigenvalue weighted by Gasteiger charge is -2.03. The predicted octanol–water partition coefficient (Wildman–Crippen LogP) is 3.06. The largest absolute Gasteiger partial charge is 0.436 e. The van der Waals surface area contributed by atoms with Crippen LogP contribution in [0.4, 0.5) is 0 Å². The number of halogens is 2. The molecule has 0 fully saturated rings. The summed E-state index contributed by atoms with van der Waals surface area (Å²) < 4.78 is 5.40. The van der Waals surface area contributed by atoms with Crippen molar-refractivity contribution in [3.05, 3.63) is 41.3 Å². The molecule has 6 heteroatoms. The minimum Gasteiger partial charge on any atom is -0.436 e. The van der Waals surface area contributed by atoms with Gasteiger partial charge in [-0.25, -0.2) is 0 Å². The van der Waals surface area contributed by atoms with Crippen LogP contribution in [0.1, 0.15) is 5.69 Å². The van der Waals surface area contributed by atoms with Crippen LogP contribution in [0.2, 0.25) is 5.02 Å². The maximum Gasteiger partial charge on any atom is 0.238 e. The molecule has 0 saturated carbocycles. The molecular weight excluding hydrogens is 249 g/mol. The normalized spacial score (nSPS) is 10.1. The van der Waals surface area contributed by atoms with E-state index in [1.165, 1.54) is 6.20 Å². The monoisotopic (exact) mass is 255 g/mol. The second kappa shape index (κ2) is 5.09. The number of alkyl halides is 1. The minimum absolute atomic E-state index is 0.325. The summed E-state index contributed by atoms with van der Waals surface area (Å²) in [5.74, 6) is 1.21. The van der Waals surface area contributed by atoms with Gasteiger partial charge in [0.2, 0.25) is 5.88 Å². The summed E-state index contributed by atoms with van der Waals surface area (Å²) in [6.07, 6.45) is 3.07. The SMILES string of the molecule is ClCc1ccc(Oc2cncc(Cl)c2)nn1. The number of nitrogens with zero attached hydrogens (tertiary/aromatic N) is 3. The molecule has 4 nitrogen and oxygen atoms in total. The predicted molar refractivity (Wildman–Crippen MR) is 60.9 cm³/mol. The number of hydrogen-bond donors (Lipinski definition) is 0. The van der Waals surface area contributed by atoms with Crippen LogP contribution in [0.3, 0.4) is 0 Å². The van der Waals surface area contributed by atoms with E-state index < -0.39 is 0 Å². The number of pyridine rings is 1. The van der Waals surface area contributed by atoms with Gasteiger partial charge in [0.05, 0.1) is 22.8 Å². The van der Waals surface area contributed by atoms with Gasteiger partial charge in [-0.1, -0.05) is 11.6 Å². The first-order chi connectivity index (χ1) is 7.78. The van der Waals surface area contributed by atoms with Crippen LogP contribution in [0, 0.1) is 0 Å². The van der Waals surface area contributed by atoms with Crippen LogP contribution in [-0.2, 0) is 5.88 Å². The second-order valence-electron chi connectivity index (χ2n) is 2.94. The van der Waals surface area contributed by atoms with Crippen LogP contribution in [0.5, 0.6) is 11.6 Å². The zero-order valence-electron chi connectivity index (χ0n) is 8.10. The highest BCUT2D eigenvalue weighted by Gasteiger charge is 2.01. The van der Waals surface area contributed by atoms with E-state index in [1.807, 2.05) is 0 Å². The highest BCUT2D eigenvalue weighted by molar-refractivity contribution is 6.30. The number of rotatable bonds is 3. The maximum absolute atomic E-state index is 5.76. The summed E-state index contributed by atoms with van der Waals surface area (Å²) in [5, 5.41) is 8.21. The summed E-state index contributed by atoms with van der Waals surface area (Å²) in [5.41, 5.74) is 0.693. The molecule has 0 radical (unpaired) electrons. The zero-order chi connectivity index (χ0) is 11.4. The van der Waals surface area contributed by atoms with Crippen molar-refractivity contribution in [1.82, 2.24) is 15.2 Å². The van der Waals surface area contributed by atoms with Crippen molar-refractivity contribution < 1.29 is 4.74 Å². The van der Waals surface area contributed by atoms with Crippen LogP contribution in [-0.4, -0.2) is 15.2 Å². The van der Waals surface area contributed by atoms with Gasteiger partial charge in [-0.2, -0.15) is 5.10 Å². The van der Waals surface area contributed by atoms with E-state index >= 15 is 0 Å². The molecule has 0 spiro atoms. The molecule has 2 rings (SSSR count). The van der Waals surface area contributed by atoms with Crippen molar-refractivity contribution in [3.8, 4) is 11.6 Å². The third-order valence-corrected chi connectivity index (χ3v) is 2.21. The van der Waals surface area contributed by atoms with Crippen molar-refractivity contribution in [1.29, 1.82) is 0 Å². The van der Waals surface area contributed by atoms with Crippen molar-refractivity contribution in [2.45, 2.75) is 5.88 Å². The van der Waals surface area contributed by atoms with E-state index in [0.717, 1.165) is 0 Å². The Balaban J connectivity index is 2.14. The van der Waals surface area contributed by atoms with Crippen molar-refractivity contribution in [2.24, 2.45) is 0 Å². The molecule has 0 aliphatic carbocycles. The first kappa shape index (κ1) is 11.1. The lowest BCUT2D eigenvalue weighted by Crippen LogP contribution is -1.93. The molecule has 2 aromatic rings. The topological polar surface area (TPSA) is 47.9 Å². The minimum atomic E-state index is 0.325. The zero-order valence-corrected chi connectivity index (χ0v) is 9.61. The Morgan fingerprint density at radius 1 is 1.19 bits per heavy atom. The van der Waals surface area contributed by atoms with Gasteiger partial charge in [-0.15, -0.1) is 16.7 Å². The van der Waals surface area contributed by atoms with Gasteiger partial charge >= 0.3 is 0 Å². The Hall–Kier alpha value is -1.39. The number of aromatic nitrogens is 3. The van der Waals surface area contributed by atoms with Crippen LogP contribution in [0.15, 0.2) is 30.6 Å². The second-order valence-corrected chi connectivity index (χ2v) is 3.64. The molecule has 0 saturated heterocycles. The molecule has 0 aliphatic heterocycles. The summed E-state index contributed by atoms with van der Waals surface area (Å²) in [6, 6.07) is 5.07. The van der Waals surface area contributed by atoms with E-state index in [9.17, 15) is 0 Å². The maximum atomic E-state index is 5.76. The van der Waals surface area contributed by atoms with Gasteiger partial charge in [0.1, 0.15) is 5.75 Å². The van der Waals surface area contributed by atoms with Crippen molar-refractivity contribution in [2.75, 3.05) is 0 Å².